The Labute approximate surface area is 81.7 Å². The maximum Gasteiger partial charge on any atom is 0.129 e. The molecule has 0 spiro atoms. The van der Waals surface area contributed by atoms with E-state index in [9.17, 15) is 4.79 Å². The van der Waals surface area contributed by atoms with Crippen LogP contribution in [0.2, 0.25) is 0 Å². The summed E-state index contributed by atoms with van der Waals surface area (Å²) in [4.78, 5) is 10.6. The first-order valence-electron chi connectivity index (χ1n) is 5.34. The number of carbonyl (C=O) groups excluding carboxylic acids is 1. The molecular formula is C11H22O2. The second-order valence-corrected chi connectivity index (χ2v) is 3.48. The summed E-state index contributed by atoms with van der Waals surface area (Å²) in [5, 5.41) is 0. The van der Waals surface area contributed by atoms with E-state index in [1.165, 1.54) is 19.3 Å². The van der Waals surface area contributed by atoms with Crippen molar-refractivity contribution in [2.24, 2.45) is 0 Å². The Morgan fingerprint density at radius 1 is 1.08 bits per heavy atom. The van der Waals surface area contributed by atoms with Gasteiger partial charge in [-0.3, -0.25) is 0 Å². The smallest absolute Gasteiger partial charge is 0.129 e. The summed E-state index contributed by atoms with van der Waals surface area (Å²) < 4.78 is 5.41. The molecule has 0 fully saturated rings. The number of Topliss-reactive ketones (excluding diaryl/α,β-unsaturated/α-hetero) is 1. The third-order valence-corrected chi connectivity index (χ3v) is 1.96. The second-order valence-electron chi connectivity index (χ2n) is 3.48. The van der Waals surface area contributed by atoms with E-state index in [2.05, 4.69) is 6.92 Å². The minimum Gasteiger partial charge on any atom is -0.381 e. The van der Waals surface area contributed by atoms with Crippen LogP contribution in [0.5, 0.6) is 0 Å². The Hall–Kier alpha value is -0.370. The molecule has 0 aromatic rings. The summed E-state index contributed by atoms with van der Waals surface area (Å²) in [7, 11) is 0. The van der Waals surface area contributed by atoms with Crippen LogP contribution in [0.3, 0.4) is 0 Å². The molecule has 0 aliphatic heterocycles. The number of rotatable bonds is 9. The summed E-state index contributed by atoms with van der Waals surface area (Å²) in [6, 6.07) is 0. The average molecular weight is 186 g/mol. The predicted molar refractivity (Wildman–Crippen MR) is 54.9 cm³/mol. The quantitative estimate of drug-likeness (QED) is 0.517. The SMILES string of the molecule is CCCCCOCCCCC(C)=O. The fourth-order valence-corrected chi connectivity index (χ4v) is 1.13. The molecule has 2 nitrogen and oxygen atoms in total. The average Bonchev–Trinajstić information content (AvgIpc) is 2.09. The van der Waals surface area contributed by atoms with Crippen molar-refractivity contribution in [2.45, 2.75) is 52.4 Å². The van der Waals surface area contributed by atoms with Crippen LogP contribution in [0.4, 0.5) is 0 Å². The lowest BCUT2D eigenvalue weighted by Crippen LogP contribution is -1.98. The molecule has 0 heterocycles. The van der Waals surface area contributed by atoms with Gasteiger partial charge >= 0.3 is 0 Å². The van der Waals surface area contributed by atoms with E-state index in [1.807, 2.05) is 0 Å². The summed E-state index contributed by atoms with van der Waals surface area (Å²) in [5.41, 5.74) is 0. The summed E-state index contributed by atoms with van der Waals surface area (Å²) in [6.45, 7) is 5.53. The van der Waals surface area contributed by atoms with E-state index in [0.717, 1.165) is 26.1 Å². The van der Waals surface area contributed by atoms with Crippen LogP contribution in [-0.4, -0.2) is 19.0 Å². The molecule has 13 heavy (non-hydrogen) atoms. The van der Waals surface area contributed by atoms with Crippen molar-refractivity contribution in [3.63, 3.8) is 0 Å². The zero-order valence-electron chi connectivity index (χ0n) is 8.97. The number of ketones is 1. The van der Waals surface area contributed by atoms with Crippen molar-refractivity contribution in [1.82, 2.24) is 0 Å². The van der Waals surface area contributed by atoms with Crippen LogP contribution in [0.15, 0.2) is 0 Å². The number of unbranched alkanes of at least 4 members (excludes halogenated alkanes) is 3. The largest absolute Gasteiger partial charge is 0.381 e. The van der Waals surface area contributed by atoms with Gasteiger partial charge in [0.25, 0.3) is 0 Å². The Kier molecular flexibility index (Phi) is 9.44. The van der Waals surface area contributed by atoms with Gasteiger partial charge in [-0.1, -0.05) is 19.8 Å². The van der Waals surface area contributed by atoms with E-state index in [4.69, 9.17) is 4.74 Å². The van der Waals surface area contributed by atoms with Crippen molar-refractivity contribution in [2.75, 3.05) is 13.2 Å². The van der Waals surface area contributed by atoms with Crippen LogP contribution in [-0.2, 0) is 9.53 Å². The van der Waals surface area contributed by atoms with E-state index in [-0.39, 0.29) is 5.78 Å². The van der Waals surface area contributed by atoms with Gasteiger partial charge < -0.3 is 9.53 Å². The molecular weight excluding hydrogens is 164 g/mol. The maximum absolute atomic E-state index is 10.6. The van der Waals surface area contributed by atoms with Crippen LogP contribution < -0.4 is 0 Å². The van der Waals surface area contributed by atoms with Crippen molar-refractivity contribution in [3.05, 3.63) is 0 Å². The highest BCUT2D eigenvalue weighted by atomic mass is 16.5. The molecule has 0 N–H and O–H groups in total. The van der Waals surface area contributed by atoms with Gasteiger partial charge in [0.1, 0.15) is 5.78 Å². The lowest BCUT2D eigenvalue weighted by molar-refractivity contribution is -0.117. The fraction of sp³-hybridized carbons (Fsp3) is 0.909. The standard InChI is InChI=1S/C11H22O2/c1-3-4-6-9-13-10-7-5-8-11(2)12/h3-10H2,1-2H3. The Bertz CT molecular complexity index is 121. The first kappa shape index (κ1) is 12.6. The number of carbonyl (C=O) groups is 1. The summed E-state index contributed by atoms with van der Waals surface area (Å²) in [6.07, 6.45) is 6.37. The molecule has 0 aromatic heterocycles. The molecule has 0 bridgehead atoms. The monoisotopic (exact) mass is 186 g/mol. The Balaban J connectivity index is 2.87. The normalized spacial score (nSPS) is 10.3. The molecule has 2 heteroatoms. The molecule has 0 atom stereocenters. The third-order valence-electron chi connectivity index (χ3n) is 1.96. The molecule has 0 rings (SSSR count). The van der Waals surface area contributed by atoms with Crippen molar-refractivity contribution >= 4 is 5.78 Å². The minimum absolute atomic E-state index is 0.283. The first-order chi connectivity index (χ1) is 6.27. The molecule has 0 aliphatic carbocycles. The van der Waals surface area contributed by atoms with Crippen LogP contribution in [0.1, 0.15) is 52.4 Å². The summed E-state index contributed by atoms with van der Waals surface area (Å²) in [5.74, 6) is 0.283. The second kappa shape index (κ2) is 9.72. The highest BCUT2D eigenvalue weighted by Crippen LogP contribution is 1.98. The molecule has 0 radical (unpaired) electrons. The first-order valence-corrected chi connectivity index (χ1v) is 5.34. The van der Waals surface area contributed by atoms with Crippen LogP contribution in [0, 0.1) is 0 Å². The van der Waals surface area contributed by atoms with Crippen molar-refractivity contribution in [1.29, 1.82) is 0 Å². The van der Waals surface area contributed by atoms with Gasteiger partial charge in [0.15, 0.2) is 0 Å². The maximum atomic E-state index is 10.6. The predicted octanol–water partition coefficient (Wildman–Crippen LogP) is 2.95. The number of hydrogen-bond donors (Lipinski definition) is 0. The van der Waals surface area contributed by atoms with Gasteiger partial charge in [-0.25, -0.2) is 0 Å². The molecule has 0 saturated carbocycles. The van der Waals surface area contributed by atoms with E-state index < -0.39 is 0 Å². The van der Waals surface area contributed by atoms with Gasteiger partial charge in [-0.15, -0.1) is 0 Å². The highest BCUT2D eigenvalue weighted by molar-refractivity contribution is 5.75. The van der Waals surface area contributed by atoms with Gasteiger partial charge in [-0.2, -0.15) is 0 Å². The lowest BCUT2D eigenvalue weighted by Gasteiger charge is -2.02. The zero-order valence-corrected chi connectivity index (χ0v) is 8.97. The van der Waals surface area contributed by atoms with E-state index in [0.29, 0.717) is 6.42 Å². The van der Waals surface area contributed by atoms with Crippen molar-refractivity contribution in [3.8, 4) is 0 Å². The Morgan fingerprint density at radius 3 is 2.23 bits per heavy atom. The number of hydrogen-bond acceptors (Lipinski definition) is 2. The van der Waals surface area contributed by atoms with Crippen molar-refractivity contribution < 1.29 is 9.53 Å². The zero-order chi connectivity index (χ0) is 9.94. The van der Waals surface area contributed by atoms with Crippen LogP contribution in [0.25, 0.3) is 0 Å². The molecule has 78 valence electrons. The van der Waals surface area contributed by atoms with Gasteiger partial charge in [0, 0.05) is 19.6 Å². The third kappa shape index (κ3) is 11.6. The molecule has 0 unspecified atom stereocenters. The lowest BCUT2D eigenvalue weighted by atomic mass is 10.2. The van der Waals surface area contributed by atoms with Gasteiger partial charge in [0.05, 0.1) is 0 Å². The molecule has 0 aliphatic rings. The fourth-order valence-electron chi connectivity index (χ4n) is 1.13. The topological polar surface area (TPSA) is 26.3 Å². The van der Waals surface area contributed by atoms with Gasteiger partial charge in [-0.05, 0) is 26.2 Å². The van der Waals surface area contributed by atoms with E-state index in [1.54, 1.807) is 6.92 Å². The molecule has 0 aromatic carbocycles. The van der Waals surface area contributed by atoms with Crippen LogP contribution >= 0.6 is 0 Å². The highest BCUT2D eigenvalue weighted by Gasteiger charge is 1.93. The van der Waals surface area contributed by atoms with Gasteiger partial charge in [0.2, 0.25) is 0 Å². The van der Waals surface area contributed by atoms with E-state index >= 15 is 0 Å². The Morgan fingerprint density at radius 2 is 1.69 bits per heavy atom. The molecule has 0 amide bonds. The summed E-state index contributed by atoms with van der Waals surface area (Å²) >= 11 is 0. The molecule has 0 saturated heterocycles. The number of ether oxygens (including phenoxy) is 1. The minimum atomic E-state index is 0.283.